The van der Waals surface area contributed by atoms with E-state index in [0.29, 0.717) is 17.5 Å². The average molecular weight is 616 g/mol. The summed E-state index contributed by atoms with van der Waals surface area (Å²) in [7, 11) is 0. The highest BCUT2D eigenvalue weighted by molar-refractivity contribution is 7.27. The van der Waals surface area contributed by atoms with Gasteiger partial charge in [-0.1, -0.05) is 140 Å². The van der Waals surface area contributed by atoms with Crippen LogP contribution in [0.4, 0.5) is 0 Å². The highest BCUT2D eigenvalue weighted by Gasteiger charge is 2.19. The van der Waals surface area contributed by atoms with E-state index >= 15 is 0 Å². The second-order valence-corrected chi connectivity index (χ2v) is 13.0. The number of fused-ring (bicyclic) bond motifs is 10. The van der Waals surface area contributed by atoms with E-state index in [2.05, 4.69) is 133 Å². The molecule has 0 aliphatic heterocycles. The van der Waals surface area contributed by atoms with Crippen LogP contribution in [0.25, 0.3) is 97.4 Å². The summed E-state index contributed by atoms with van der Waals surface area (Å²) in [5.41, 5.74) is 2.97. The number of aromatic nitrogens is 3. The van der Waals surface area contributed by atoms with Crippen molar-refractivity contribution in [2.24, 2.45) is 0 Å². The second-order valence-electron chi connectivity index (χ2n) is 12.0. The van der Waals surface area contributed by atoms with Crippen molar-refractivity contribution < 1.29 is 0 Å². The lowest BCUT2D eigenvalue weighted by atomic mass is 9.96. The molecule has 0 amide bonds. The molecule has 4 heteroatoms. The molecular weight excluding hydrogens is 591 g/mol. The molecule has 0 radical (unpaired) electrons. The van der Waals surface area contributed by atoms with E-state index in [1.54, 1.807) is 0 Å². The SMILES string of the molecule is c1ccc(-c2nc(-c3cc4ccccc4c4ccccc34)nc(-c3cccc4sc5c(ccc6ccc7ccccc7c65)c34)n2)cc1. The lowest BCUT2D eigenvalue weighted by Crippen LogP contribution is -2.01. The van der Waals surface area contributed by atoms with Crippen molar-refractivity contribution in [3.63, 3.8) is 0 Å². The van der Waals surface area contributed by atoms with E-state index in [9.17, 15) is 0 Å². The molecule has 0 bridgehead atoms. The molecule has 8 aromatic carbocycles. The van der Waals surface area contributed by atoms with Gasteiger partial charge in [-0.25, -0.2) is 15.0 Å². The van der Waals surface area contributed by atoms with Gasteiger partial charge < -0.3 is 0 Å². The average Bonchev–Trinajstić information content (AvgIpc) is 3.54. The van der Waals surface area contributed by atoms with Crippen molar-refractivity contribution in [1.29, 1.82) is 0 Å². The molecule has 0 spiro atoms. The number of thiophene rings is 1. The lowest BCUT2D eigenvalue weighted by molar-refractivity contribution is 1.08. The number of hydrogen-bond donors (Lipinski definition) is 0. The molecule has 10 aromatic rings. The van der Waals surface area contributed by atoms with Gasteiger partial charge in [0, 0.05) is 42.2 Å². The maximum Gasteiger partial charge on any atom is 0.164 e. The van der Waals surface area contributed by atoms with Gasteiger partial charge in [-0.3, -0.25) is 0 Å². The standard InChI is InChI=1S/C43H25N3S/c1-2-12-28(13-3-1)41-44-42(46-43(45-41)36-25-29-14-5-6-15-30(29)32-17-8-9-18-33(32)36)35-19-10-20-37-39(35)34-24-23-27-22-21-26-11-4-7-16-31(26)38(27)40(34)47-37/h1-25H. The van der Waals surface area contributed by atoms with E-state index in [0.717, 1.165) is 27.5 Å². The topological polar surface area (TPSA) is 38.7 Å². The Labute approximate surface area is 274 Å². The summed E-state index contributed by atoms with van der Waals surface area (Å²) in [5.74, 6) is 2.01. The third-order valence-corrected chi connectivity index (χ3v) is 10.5. The molecule has 2 aromatic heterocycles. The fraction of sp³-hybridized carbons (Fsp3) is 0. The number of rotatable bonds is 3. The Morgan fingerprint density at radius 2 is 1.00 bits per heavy atom. The zero-order chi connectivity index (χ0) is 30.9. The minimum absolute atomic E-state index is 0.663. The fourth-order valence-electron chi connectivity index (χ4n) is 7.13. The van der Waals surface area contributed by atoms with Crippen molar-refractivity contribution >= 4 is 74.6 Å². The van der Waals surface area contributed by atoms with Crippen LogP contribution in [0.5, 0.6) is 0 Å². The van der Waals surface area contributed by atoms with Crippen LogP contribution < -0.4 is 0 Å². The quantitative estimate of drug-likeness (QED) is 0.186. The van der Waals surface area contributed by atoms with Crippen LogP contribution >= 0.6 is 11.3 Å². The summed E-state index contributed by atoms with van der Waals surface area (Å²) < 4.78 is 2.51. The van der Waals surface area contributed by atoms with Crippen LogP contribution in [0, 0.1) is 0 Å². The van der Waals surface area contributed by atoms with Crippen molar-refractivity contribution in [3.8, 4) is 34.2 Å². The summed E-state index contributed by atoms with van der Waals surface area (Å²) in [4.78, 5) is 15.6. The van der Waals surface area contributed by atoms with Gasteiger partial charge in [0.05, 0.1) is 0 Å². The first kappa shape index (κ1) is 26.3. The largest absolute Gasteiger partial charge is 0.208 e. The normalized spacial score (nSPS) is 11.8. The van der Waals surface area contributed by atoms with Gasteiger partial charge in [0.1, 0.15) is 0 Å². The van der Waals surface area contributed by atoms with Gasteiger partial charge in [-0.15, -0.1) is 11.3 Å². The van der Waals surface area contributed by atoms with Crippen LogP contribution in [-0.4, -0.2) is 15.0 Å². The predicted molar refractivity (Wildman–Crippen MR) is 199 cm³/mol. The summed E-state index contributed by atoms with van der Waals surface area (Å²) in [6, 6.07) is 53.7. The van der Waals surface area contributed by atoms with Crippen LogP contribution in [-0.2, 0) is 0 Å². The molecule has 0 saturated carbocycles. The van der Waals surface area contributed by atoms with E-state index in [1.165, 1.54) is 52.5 Å². The van der Waals surface area contributed by atoms with Gasteiger partial charge in [-0.05, 0) is 49.8 Å². The molecule has 0 atom stereocenters. The van der Waals surface area contributed by atoms with Gasteiger partial charge in [-0.2, -0.15) is 0 Å². The Morgan fingerprint density at radius 3 is 1.85 bits per heavy atom. The second kappa shape index (κ2) is 10.3. The third kappa shape index (κ3) is 4.09. The third-order valence-electron chi connectivity index (χ3n) is 9.29. The van der Waals surface area contributed by atoms with Crippen LogP contribution in [0.1, 0.15) is 0 Å². The van der Waals surface area contributed by atoms with Gasteiger partial charge in [0.25, 0.3) is 0 Å². The summed E-state index contributed by atoms with van der Waals surface area (Å²) >= 11 is 1.85. The highest BCUT2D eigenvalue weighted by atomic mass is 32.1. The molecule has 47 heavy (non-hydrogen) atoms. The van der Waals surface area contributed by atoms with Crippen molar-refractivity contribution in [2.45, 2.75) is 0 Å². The first-order valence-corrected chi connectivity index (χ1v) is 16.6. The van der Waals surface area contributed by atoms with Gasteiger partial charge >= 0.3 is 0 Å². The molecule has 0 fully saturated rings. The molecule has 218 valence electrons. The number of benzene rings is 8. The maximum atomic E-state index is 5.29. The first-order chi connectivity index (χ1) is 23.3. The predicted octanol–water partition coefficient (Wildman–Crippen LogP) is 11.9. The molecule has 0 unspecified atom stereocenters. The molecule has 3 nitrogen and oxygen atoms in total. The summed E-state index contributed by atoms with van der Waals surface area (Å²) in [6.45, 7) is 0. The monoisotopic (exact) mass is 615 g/mol. The lowest BCUT2D eigenvalue weighted by Gasteiger charge is -2.13. The molecule has 0 saturated heterocycles. The van der Waals surface area contributed by atoms with Gasteiger partial charge in [0.15, 0.2) is 17.5 Å². The summed E-state index contributed by atoms with van der Waals surface area (Å²) in [5, 5.41) is 12.2. The van der Waals surface area contributed by atoms with Crippen molar-refractivity contribution in [1.82, 2.24) is 15.0 Å². The van der Waals surface area contributed by atoms with E-state index in [-0.39, 0.29) is 0 Å². The number of hydrogen-bond acceptors (Lipinski definition) is 4. The minimum atomic E-state index is 0.663. The summed E-state index contributed by atoms with van der Waals surface area (Å²) in [6.07, 6.45) is 0. The van der Waals surface area contributed by atoms with E-state index < -0.39 is 0 Å². The Hall–Kier alpha value is -5.97. The molecule has 0 aliphatic carbocycles. The van der Waals surface area contributed by atoms with Crippen LogP contribution in [0.3, 0.4) is 0 Å². The maximum absolute atomic E-state index is 5.29. The fourth-order valence-corrected chi connectivity index (χ4v) is 8.43. The molecule has 2 heterocycles. The highest BCUT2D eigenvalue weighted by Crippen LogP contribution is 2.44. The van der Waals surface area contributed by atoms with Crippen molar-refractivity contribution in [2.75, 3.05) is 0 Å². The first-order valence-electron chi connectivity index (χ1n) is 15.8. The van der Waals surface area contributed by atoms with Crippen LogP contribution in [0.15, 0.2) is 152 Å². The van der Waals surface area contributed by atoms with Crippen molar-refractivity contribution in [3.05, 3.63) is 152 Å². The van der Waals surface area contributed by atoms with E-state index in [4.69, 9.17) is 15.0 Å². The zero-order valence-electron chi connectivity index (χ0n) is 25.2. The zero-order valence-corrected chi connectivity index (χ0v) is 26.0. The number of nitrogens with zero attached hydrogens (tertiary/aromatic N) is 3. The Kier molecular flexibility index (Phi) is 5.74. The van der Waals surface area contributed by atoms with E-state index in [1.807, 2.05) is 29.5 Å². The smallest absolute Gasteiger partial charge is 0.164 e. The van der Waals surface area contributed by atoms with Crippen LogP contribution in [0.2, 0.25) is 0 Å². The molecular formula is C43H25N3S. The molecule has 0 aliphatic rings. The Bertz CT molecular complexity index is 2850. The Morgan fingerprint density at radius 1 is 0.362 bits per heavy atom. The molecule has 0 N–H and O–H groups in total. The van der Waals surface area contributed by atoms with Gasteiger partial charge in [0.2, 0.25) is 0 Å². The minimum Gasteiger partial charge on any atom is -0.208 e. The Balaban J connectivity index is 1.29. The molecule has 10 rings (SSSR count).